The van der Waals surface area contributed by atoms with Crippen LogP contribution < -0.4 is 5.43 Å². The summed E-state index contributed by atoms with van der Waals surface area (Å²) in [6, 6.07) is 9.35. The molecule has 0 aliphatic heterocycles. The van der Waals surface area contributed by atoms with E-state index in [1.807, 2.05) is 0 Å². The zero-order valence-electron chi connectivity index (χ0n) is 10.4. The van der Waals surface area contributed by atoms with E-state index in [2.05, 4.69) is 0 Å². The van der Waals surface area contributed by atoms with Crippen molar-refractivity contribution in [3.63, 3.8) is 0 Å². The van der Waals surface area contributed by atoms with Crippen molar-refractivity contribution in [2.45, 2.75) is 6.61 Å². The monoisotopic (exact) mass is 257 g/mol. The van der Waals surface area contributed by atoms with Crippen LogP contribution in [-0.4, -0.2) is 9.67 Å². The molecule has 0 bridgehead atoms. The van der Waals surface area contributed by atoms with Crippen LogP contribution in [0.3, 0.4) is 0 Å². The van der Waals surface area contributed by atoms with Crippen molar-refractivity contribution in [1.82, 2.24) is 4.57 Å². The molecule has 0 amide bonds. The summed E-state index contributed by atoms with van der Waals surface area (Å²) in [4.78, 5) is 12.4. The maximum absolute atomic E-state index is 13.3. The van der Waals surface area contributed by atoms with E-state index in [9.17, 15) is 9.18 Å². The molecule has 3 nitrogen and oxygen atoms in total. The highest BCUT2D eigenvalue weighted by molar-refractivity contribution is 5.93. The summed E-state index contributed by atoms with van der Waals surface area (Å²) < 4.78 is 15.1. The average molecular weight is 257 g/mol. The molecule has 0 unspecified atom stereocenters. The lowest BCUT2D eigenvalue weighted by Gasteiger charge is -2.11. The van der Waals surface area contributed by atoms with E-state index in [0.29, 0.717) is 21.9 Å². The molecule has 0 atom stereocenters. The summed E-state index contributed by atoms with van der Waals surface area (Å²) in [6.07, 6.45) is 0. The second-order valence-electron chi connectivity index (χ2n) is 4.56. The number of aliphatic hydroxyl groups excluding tert-OH is 1. The minimum absolute atomic E-state index is 0.111. The lowest BCUT2D eigenvalue weighted by molar-refractivity contribution is 0.282. The molecule has 0 radical (unpaired) electrons. The predicted molar refractivity (Wildman–Crippen MR) is 72.6 cm³/mol. The standard InChI is InChI=1S/C15H12FNO2/c1-17-13-5-2-9(8-18)6-12(13)15(19)11-4-3-10(16)7-14(11)17/h2-7,18H,8H2,1H3. The van der Waals surface area contributed by atoms with Crippen LogP contribution in [0.15, 0.2) is 41.2 Å². The third-order valence-electron chi connectivity index (χ3n) is 3.42. The molecule has 1 heterocycles. The number of aryl methyl sites for hydroxylation is 1. The third kappa shape index (κ3) is 1.72. The van der Waals surface area contributed by atoms with E-state index in [4.69, 9.17) is 5.11 Å². The molecule has 3 aromatic rings. The fraction of sp³-hybridized carbons (Fsp3) is 0.133. The molecule has 96 valence electrons. The second-order valence-corrected chi connectivity index (χ2v) is 4.56. The summed E-state index contributed by atoms with van der Waals surface area (Å²) in [5, 5.41) is 10.2. The predicted octanol–water partition coefficient (Wildman–Crippen LogP) is 2.32. The highest BCUT2D eigenvalue weighted by atomic mass is 19.1. The Hall–Kier alpha value is -2.20. The number of benzene rings is 2. The number of nitrogens with zero attached hydrogens (tertiary/aromatic N) is 1. The summed E-state index contributed by atoms with van der Waals surface area (Å²) >= 11 is 0. The van der Waals surface area contributed by atoms with Crippen molar-refractivity contribution in [3.05, 3.63) is 58.0 Å². The smallest absolute Gasteiger partial charge is 0.197 e. The van der Waals surface area contributed by atoms with E-state index >= 15 is 0 Å². The number of halogens is 1. The van der Waals surface area contributed by atoms with Gasteiger partial charge in [0, 0.05) is 17.8 Å². The zero-order valence-corrected chi connectivity index (χ0v) is 10.4. The highest BCUT2D eigenvalue weighted by Crippen LogP contribution is 2.20. The van der Waals surface area contributed by atoms with E-state index in [1.165, 1.54) is 18.2 Å². The van der Waals surface area contributed by atoms with Gasteiger partial charge in [0.15, 0.2) is 5.43 Å². The van der Waals surface area contributed by atoms with Gasteiger partial charge in [-0.1, -0.05) is 6.07 Å². The first-order valence-electron chi connectivity index (χ1n) is 5.93. The highest BCUT2D eigenvalue weighted by Gasteiger charge is 2.09. The fourth-order valence-electron chi connectivity index (χ4n) is 2.41. The van der Waals surface area contributed by atoms with Crippen LogP contribution in [0.25, 0.3) is 21.8 Å². The molecule has 4 heteroatoms. The van der Waals surface area contributed by atoms with E-state index < -0.39 is 0 Å². The van der Waals surface area contributed by atoms with Crippen molar-refractivity contribution < 1.29 is 9.50 Å². The lowest BCUT2D eigenvalue weighted by atomic mass is 10.1. The Balaban J connectivity index is 2.56. The number of hydrogen-bond donors (Lipinski definition) is 1. The quantitative estimate of drug-likeness (QED) is 0.680. The van der Waals surface area contributed by atoms with Crippen LogP contribution in [-0.2, 0) is 13.7 Å². The van der Waals surface area contributed by atoms with Gasteiger partial charge in [-0.2, -0.15) is 0 Å². The van der Waals surface area contributed by atoms with Crippen molar-refractivity contribution in [2.75, 3.05) is 0 Å². The van der Waals surface area contributed by atoms with Crippen LogP contribution in [0.2, 0.25) is 0 Å². The fourth-order valence-corrected chi connectivity index (χ4v) is 2.41. The first kappa shape index (κ1) is 11.9. The number of hydrogen-bond acceptors (Lipinski definition) is 2. The molecular weight excluding hydrogens is 245 g/mol. The molecule has 1 aromatic heterocycles. The SMILES string of the molecule is Cn1c2ccc(CO)cc2c(=O)c2ccc(F)cc21. The van der Waals surface area contributed by atoms with Crippen molar-refractivity contribution in [2.24, 2.45) is 7.05 Å². The number of aromatic nitrogens is 1. The molecule has 0 saturated heterocycles. The molecule has 19 heavy (non-hydrogen) atoms. The van der Waals surface area contributed by atoms with Crippen LogP contribution in [0.5, 0.6) is 0 Å². The van der Waals surface area contributed by atoms with Crippen molar-refractivity contribution in [3.8, 4) is 0 Å². The Morgan fingerprint density at radius 3 is 2.63 bits per heavy atom. The Morgan fingerprint density at radius 1 is 1.11 bits per heavy atom. The van der Waals surface area contributed by atoms with Gasteiger partial charge in [0.2, 0.25) is 0 Å². The van der Waals surface area contributed by atoms with Gasteiger partial charge < -0.3 is 9.67 Å². The van der Waals surface area contributed by atoms with E-state index in [-0.39, 0.29) is 17.9 Å². The van der Waals surface area contributed by atoms with Gasteiger partial charge in [0.05, 0.1) is 17.6 Å². The summed E-state index contributed by atoms with van der Waals surface area (Å²) in [5.74, 6) is -0.367. The first-order chi connectivity index (χ1) is 9.11. The Kier molecular flexibility index (Phi) is 2.61. The van der Waals surface area contributed by atoms with Crippen LogP contribution >= 0.6 is 0 Å². The number of rotatable bonds is 1. The minimum atomic E-state index is -0.367. The second kappa shape index (κ2) is 4.17. The molecule has 0 aliphatic rings. The van der Waals surface area contributed by atoms with Crippen LogP contribution in [0.4, 0.5) is 4.39 Å². The molecule has 2 aromatic carbocycles. The summed E-state index contributed by atoms with van der Waals surface area (Å²) in [7, 11) is 1.79. The van der Waals surface area contributed by atoms with E-state index in [1.54, 1.807) is 29.8 Å². The van der Waals surface area contributed by atoms with Gasteiger partial charge >= 0.3 is 0 Å². The van der Waals surface area contributed by atoms with Gasteiger partial charge in [-0.05, 0) is 35.9 Å². The number of pyridine rings is 1. The van der Waals surface area contributed by atoms with Gasteiger partial charge in [-0.3, -0.25) is 4.79 Å². The van der Waals surface area contributed by atoms with Gasteiger partial charge in [-0.15, -0.1) is 0 Å². The number of aliphatic hydroxyl groups is 1. The zero-order chi connectivity index (χ0) is 13.6. The number of fused-ring (bicyclic) bond motifs is 2. The normalized spacial score (nSPS) is 11.3. The minimum Gasteiger partial charge on any atom is -0.392 e. The maximum atomic E-state index is 13.3. The van der Waals surface area contributed by atoms with Gasteiger partial charge in [0.1, 0.15) is 5.82 Å². The molecule has 3 rings (SSSR count). The van der Waals surface area contributed by atoms with Crippen LogP contribution in [0.1, 0.15) is 5.56 Å². The Labute approximate surface area is 108 Å². The first-order valence-corrected chi connectivity index (χ1v) is 5.93. The maximum Gasteiger partial charge on any atom is 0.197 e. The van der Waals surface area contributed by atoms with Crippen molar-refractivity contribution >= 4 is 21.8 Å². The van der Waals surface area contributed by atoms with Crippen molar-refractivity contribution in [1.29, 1.82) is 0 Å². The topological polar surface area (TPSA) is 42.2 Å². The van der Waals surface area contributed by atoms with E-state index in [0.717, 1.165) is 5.52 Å². The Morgan fingerprint density at radius 2 is 1.89 bits per heavy atom. The summed E-state index contributed by atoms with van der Waals surface area (Å²) in [5.41, 5.74) is 1.83. The molecule has 0 spiro atoms. The largest absolute Gasteiger partial charge is 0.392 e. The van der Waals surface area contributed by atoms with Gasteiger partial charge in [0.25, 0.3) is 0 Å². The molecular formula is C15H12FNO2. The molecule has 0 aliphatic carbocycles. The molecule has 0 fully saturated rings. The summed E-state index contributed by atoms with van der Waals surface area (Å²) in [6.45, 7) is -0.111. The average Bonchev–Trinajstić information content (AvgIpc) is 2.44. The third-order valence-corrected chi connectivity index (χ3v) is 3.42. The molecule has 1 N–H and O–H groups in total. The molecule has 0 saturated carbocycles. The van der Waals surface area contributed by atoms with Crippen LogP contribution in [0, 0.1) is 5.82 Å². The van der Waals surface area contributed by atoms with Gasteiger partial charge in [-0.25, -0.2) is 4.39 Å². The lowest BCUT2D eigenvalue weighted by Crippen LogP contribution is -2.09. The Bertz CT molecular complexity index is 852.